The summed E-state index contributed by atoms with van der Waals surface area (Å²) in [6, 6.07) is 8.44. The third-order valence-electron chi connectivity index (χ3n) is 4.59. The Morgan fingerprint density at radius 1 is 1.31 bits per heavy atom. The highest BCUT2D eigenvalue weighted by atomic mass is 127. The Bertz CT molecular complexity index is 602. The van der Waals surface area contributed by atoms with E-state index in [1.165, 1.54) is 18.4 Å². The molecule has 5 nitrogen and oxygen atoms in total. The van der Waals surface area contributed by atoms with E-state index in [0.29, 0.717) is 13.2 Å². The highest BCUT2D eigenvalue weighted by molar-refractivity contribution is 14.0. The van der Waals surface area contributed by atoms with Gasteiger partial charge in [-0.25, -0.2) is 0 Å². The fourth-order valence-corrected chi connectivity index (χ4v) is 3.17. The van der Waals surface area contributed by atoms with Crippen LogP contribution in [0.3, 0.4) is 0 Å². The Labute approximate surface area is 174 Å². The molecule has 0 radical (unpaired) electrons. The van der Waals surface area contributed by atoms with Crippen molar-refractivity contribution in [1.82, 2.24) is 10.6 Å². The van der Waals surface area contributed by atoms with Crippen LogP contribution >= 0.6 is 24.0 Å². The predicted octanol–water partition coefficient (Wildman–Crippen LogP) is 3.89. The number of aliphatic imine (C=N–C) groups is 1. The molecule has 2 N–H and O–H groups in total. The summed E-state index contributed by atoms with van der Waals surface area (Å²) in [7, 11) is 0. The molecule has 0 aromatic heterocycles. The first-order chi connectivity index (χ1) is 12.1. The maximum absolute atomic E-state index is 6.11. The minimum absolute atomic E-state index is 0. The predicted molar refractivity (Wildman–Crippen MR) is 117 cm³/mol. The number of hydrogen-bond acceptors (Lipinski definition) is 3. The summed E-state index contributed by atoms with van der Waals surface area (Å²) in [5.41, 5.74) is 0.994. The van der Waals surface area contributed by atoms with Gasteiger partial charge < -0.3 is 20.1 Å². The standard InChI is InChI=1S/C20H31N3O2.HI/c1-4-21-19(22-11-12-24-14-15-9-10-15)23-17-13-20(2,3)25-18-8-6-5-7-16(17)18;/h5-8,15,17H,4,9-14H2,1-3H3,(H2,21,22,23);1H. The van der Waals surface area contributed by atoms with Crippen LogP contribution in [0.25, 0.3) is 0 Å². The second-order valence-electron chi connectivity index (χ2n) is 7.58. The number of ether oxygens (including phenoxy) is 2. The van der Waals surface area contributed by atoms with Crippen molar-refractivity contribution in [1.29, 1.82) is 0 Å². The van der Waals surface area contributed by atoms with E-state index in [0.717, 1.165) is 37.2 Å². The average Bonchev–Trinajstić information content (AvgIpc) is 3.38. The molecular formula is C20H32IN3O2. The van der Waals surface area contributed by atoms with E-state index in [2.05, 4.69) is 48.5 Å². The quantitative estimate of drug-likeness (QED) is 0.273. The first-order valence-corrected chi connectivity index (χ1v) is 9.48. The number of benzene rings is 1. The van der Waals surface area contributed by atoms with Gasteiger partial charge in [-0.1, -0.05) is 18.2 Å². The fourth-order valence-electron chi connectivity index (χ4n) is 3.17. The van der Waals surface area contributed by atoms with Crippen LogP contribution in [0.1, 0.15) is 51.6 Å². The van der Waals surface area contributed by atoms with Crippen molar-refractivity contribution in [2.45, 2.75) is 51.7 Å². The monoisotopic (exact) mass is 473 g/mol. The van der Waals surface area contributed by atoms with E-state index in [-0.39, 0.29) is 35.6 Å². The summed E-state index contributed by atoms with van der Waals surface area (Å²) in [5, 5.41) is 6.93. The van der Waals surface area contributed by atoms with Gasteiger partial charge in [-0.2, -0.15) is 0 Å². The highest BCUT2D eigenvalue weighted by Gasteiger charge is 2.33. The zero-order chi connectivity index (χ0) is 17.7. The lowest BCUT2D eigenvalue weighted by Gasteiger charge is -2.38. The van der Waals surface area contributed by atoms with E-state index in [4.69, 9.17) is 9.47 Å². The van der Waals surface area contributed by atoms with Gasteiger partial charge >= 0.3 is 0 Å². The zero-order valence-corrected chi connectivity index (χ0v) is 18.4. The van der Waals surface area contributed by atoms with Crippen LogP contribution in [0.4, 0.5) is 0 Å². The number of guanidine groups is 1. The second-order valence-corrected chi connectivity index (χ2v) is 7.58. The van der Waals surface area contributed by atoms with Gasteiger partial charge in [0.1, 0.15) is 11.4 Å². The molecule has 1 aliphatic heterocycles. The normalized spacial score (nSPS) is 21.2. The maximum Gasteiger partial charge on any atom is 0.191 e. The van der Waals surface area contributed by atoms with Gasteiger partial charge in [0.2, 0.25) is 0 Å². The zero-order valence-electron chi connectivity index (χ0n) is 16.1. The molecule has 1 saturated carbocycles. The van der Waals surface area contributed by atoms with Crippen LogP contribution in [0.5, 0.6) is 5.75 Å². The summed E-state index contributed by atoms with van der Waals surface area (Å²) in [4.78, 5) is 4.67. The Hall–Kier alpha value is -1.02. The molecule has 0 bridgehead atoms. The third kappa shape index (κ3) is 6.30. The number of hydrogen-bond donors (Lipinski definition) is 2. The minimum Gasteiger partial charge on any atom is -0.487 e. The van der Waals surface area contributed by atoms with Gasteiger partial charge in [-0.15, -0.1) is 24.0 Å². The summed E-state index contributed by atoms with van der Waals surface area (Å²) >= 11 is 0. The van der Waals surface area contributed by atoms with Crippen LogP contribution in [-0.2, 0) is 4.74 Å². The Kier molecular flexibility index (Phi) is 8.01. The van der Waals surface area contributed by atoms with Crippen molar-refractivity contribution >= 4 is 29.9 Å². The van der Waals surface area contributed by atoms with E-state index in [9.17, 15) is 0 Å². The average molecular weight is 473 g/mol. The molecular weight excluding hydrogens is 441 g/mol. The molecule has 1 atom stereocenters. The molecule has 3 rings (SSSR count). The van der Waals surface area contributed by atoms with Gasteiger partial charge in [0.05, 0.1) is 19.2 Å². The third-order valence-corrected chi connectivity index (χ3v) is 4.59. The number of para-hydroxylation sites is 1. The largest absolute Gasteiger partial charge is 0.487 e. The van der Waals surface area contributed by atoms with Crippen LogP contribution in [0.15, 0.2) is 29.3 Å². The molecule has 1 aromatic rings. The molecule has 0 spiro atoms. The number of rotatable bonds is 7. The molecule has 6 heteroatoms. The van der Waals surface area contributed by atoms with E-state index < -0.39 is 0 Å². The van der Waals surface area contributed by atoms with Crippen molar-refractivity contribution in [3.63, 3.8) is 0 Å². The summed E-state index contributed by atoms with van der Waals surface area (Å²) < 4.78 is 11.8. The van der Waals surface area contributed by atoms with Crippen molar-refractivity contribution in [3.05, 3.63) is 29.8 Å². The SMILES string of the molecule is CCNC(=NCCOCC1CC1)NC1CC(C)(C)Oc2ccccc21.I. The summed E-state index contributed by atoms with van der Waals surface area (Å²) in [5.74, 6) is 2.60. The lowest BCUT2D eigenvalue weighted by molar-refractivity contribution is 0.0694. The van der Waals surface area contributed by atoms with Gasteiger partial charge in [0, 0.05) is 25.1 Å². The molecule has 146 valence electrons. The molecule has 1 aromatic carbocycles. The maximum atomic E-state index is 6.11. The fraction of sp³-hybridized carbons (Fsp3) is 0.650. The molecule has 1 fully saturated rings. The smallest absolute Gasteiger partial charge is 0.191 e. The van der Waals surface area contributed by atoms with Crippen LogP contribution in [0, 0.1) is 5.92 Å². The van der Waals surface area contributed by atoms with Crippen molar-refractivity contribution in [3.8, 4) is 5.75 Å². The first kappa shape index (κ1) is 21.3. The van der Waals surface area contributed by atoms with Gasteiger partial charge in [-0.3, -0.25) is 4.99 Å². The summed E-state index contributed by atoms with van der Waals surface area (Å²) in [6.07, 6.45) is 3.55. The van der Waals surface area contributed by atoms with Crippen LogP contribution < -0.4 is 15.4 Å². The van der Waals surface area contributed by atoms with E-state index in [1.807, 2.05) is 12.1 Å². The van der Waals surface area contributed by atoms with Gasteiger partial charge in [-0.05, 0) is 45.6 Å². The minimum atomic E-state index is -0.198. The molecule has 0 saturated heterocycles. The van der Waals surface area contributed by atoms with E-state index in [1.54, 1.807) is 0 Å². The molecule has 26 heavy (non-hydrogen) atoms. The van der Waals surface area contributed by atoms with E-state index >= 15 is 0 Å². The molecule has 1 aliphatic carbocycles. The Morgan fingerprint density at radius 3 is 2.81 bits per heavy atom. The van der Waals surface area contributed by atoms with Gasteiger partial charge in [0.15, 0.2) is 5.96 Å². The second kappa shape index (κ2) is 9.78. The lowest BCUT2D eigenvalue weighted by atomic mass is 9.90. The van der Waals surface area contributed by atoms with Crippen molar-refractivity contribution in [2.75, 3.05) is 26.3 Å². The van der Waals surface area contributed by atoms with Crippen molar-refractivity contribution in [2.24, 2.45) is 10.9 Å². The topological polar surface area (TPSA) is 54.9 Å². The highest BCUT2D eigenvalue weighted by Crippen LogP contribution is 2.39. The van der Waals surface area contributed by atoms with Crippen LogP contribution in [-0.4, -0.2) is 37.9 Å². The van der Waals surface area contributed by atoms with Crippen molar-refractivity contribution < 1.29 is 9.47 Å². The number of fused-ring (bicyclic) bond motifs is 1. The Morgan fingerprint density at radius 2 is 2.08 bits per heavy atom. The molecule has 2 aliphatic rings. The number of nitrogens with zero attached hydrogens (tertiary/aromatic N) is 1. The number of halogens is 1. The molecule has 0 amide bonds. The van der Waals surface area contributed by atoms with Gasteiger partial charge in [0.25, 0.3) is 0 Å². The Balaban J connectivity index is 0.00000243. The first-order valence-electron chi connectivity index (χ1n) is 9.48. The molecule has 1 heterocycles. The summed E-state index contributed by atoms with van der Waals surface area (Å²) in [6.45, 7) is 9.44. The molecule has 1 unspecified atom stereocenters. The lowest BCUT2D eigenvalue weighted by Crippen LogP contribution is -2.45. The van der Waals surface area contributed by atoms with Crippen LogP contribution in [0.2, 0.25) is 0 Å². The number of nitrogens with one attached hydrogen (secondary N) is 2.